The Morgan fingerprint density at radius 3 is 2.82 bits per heavy atom. The van der Waals surface area contributed by atoms with E-state index in [9.17, 15) is 9.90 Å². The summed E-state index contributed by atoms with van der Waals surface area (Å²) in [6, 6.07) is 0. The van der Waals surface area contributed by atoms with E-state index in [1.807, 2.05) is 4.57 Å². The normalized spacial score (nSPS) is 17.2. The van der Waals surface area contributed by atoms with Gasteiger partial charge in [-0.05, 0) is 19.8 Å². The number of nitrogen functional groups attached to an aromatic ring is 1. The van der Waals surface area contributed by atoms with Crippen LogP contribution in [0.15, 0.2) is 12.5 Å². The first-order valence-electron chi connectivity index (χ1n) is 5.38. The Kier molecular flexibility index (Phi) is 1.76. The van der Waals surface area contributed by atoms with Gasteiger partial charge in [-0.25, -0.2) is 14.8 Å². The van der Waals surface area contributed by atoms with Crippen LogP contribution in [-0.2, 0) is 5.54 Å². The van der Waals surface area contributed by atoms with Crippen molar-refractivity contribution in [3.8, 4) is 0 Å². The SMILES string of the molecule is CC1(n2cc(C(=O)O)c3c(N)ncnc32)CC1. The first-order valence-corrected chi connectivity index (χ1v) is 5.38. The van der Waals surface area contributed by atoms with E-state index in [2.05, 4.69) is 16.9 Å². The maximum Gasteiger partial charge on any atom is 0.338 e. The molecule has 2 aromatic rings. The minimum Gasteiger partial charge on any atom is -0.478 e. The zero-order valence-corrected chi connectivity index (χ0v) is 9.34. The maximum atomic E-state index is 11.2. The van der Waals surface area contributed by atoms with Crippen LogP contribution in [0.5, 0.6) is 0 Å². The van der Waals surface area contributed by atoms with Crippen molar-refractivity contribution >= 4 is 22.8 Å². The Balaban J connectivity index is 2.39. The predicted molar refractivity (Wildman–Crippen MR) is 61.8 cm³/mol. The topological polar surface area (TPSA) is 94.0 Å². The van der Waals surface area contributed by atoms with Crippen molar-refractivity contribution < 1.29 is 9.90 Å². The molecule has 0 saturated heterocycles. The van der Waals surface area contributed by atoms with Crippen LogP contribution in [0.2, 0.25) is 0 Å². The summed E-state index contributed by atoms with van der Waals surface area (Å²) in [5, 5.41) is 9.62. The van der Waals surface area contributed by atoms with Crippen LogP contribution in [0, 0.1) is 0 Å². The standard InChI is InChI=1S/C11H12N4O2/c1-11(2-3-11)15-4-6(10(16)17)7-8(12)13-5-14-9(7)15/h4-5H,2-3H2,1H3,(H,16,17)(H2,12,13,14). The Morgan fingerprint density at radius 1 is 1.53 bits per heavy atom. The maximum absolute atomic E-state index is 11.2. The lowest BCUT2D eigenvalue weighted by Crippen LogP contribution is -2.11. The molecule has 0 aromatic carbocycles. The third-order valence-corrected chi connectivity index (χ3v) is 3.40. The lowest BCUT2D eigenvalue weighted by molar-refractivity contribution is 0.0698. The highest BCUT2D eigenvalue weighted by Gasteiger charge is 2.41. The molecular formula is C11H12N4O2. The van der Waals surface area contributed by atoms with Crippen LogP contribution in [0.3, 0.4) is 0 Å². The smallest absolute Gasteiger partial charge is 0.338 e. The summed E-state index contributed by atoms with van der Waals surface area (Å²) in [5.74, 6) is -0.782. The number of rotatable bonds is 2. The average molecular weight is 232 g/mol. The van der Waals surface area contributed by atoms with Crippen molar-refractivity contribution in [2.75, 3.05) is 5.73 Å². The van der Waals surface area contributed by atoms with Gasteiger partial charge in [0.1, 0.15) is 17.8 Å². The van der Waals surface area contributed by atoms with Crippen molar-refractivity contribution in [2.24, 2.45) is 0 Å². The van der Waals surface area contributed by atoms with Crippen LogP contribution in [-0.4, -0.2) is 25.6 Å². The molecule has 1 saturated carbocycles. The van der Waals surface area contributed by atoms with Gasteiger partial charge in [0.2, 0.25) is 0 Å². The molecule has 1 aliphatic rings. The molecule has 3 rings (SSSR count). The molecule has 2 aromatic heterocycles. The first kappa shape index (κ1) is 10.1. The number of aromatic carboxylic acids is 1. The van der Waals surface area contributed by atoms with Gasteiger partial charge in [-0.1, -0.05) is 0 Å². The third kappa shape index (κ3) is 1.30. The number of hydrogen-bond donors (Lipinski definition) is 2. The largest absolute Gasteiger partial charge is 0.478 e. The lowest BCUT2D eigenvalue weighted by atomic mass is 10.2. The van der Waals surface area contributed by atoms with Gasteiger partial charge in [0, 0.05) is 11.7 Å². The summed E-state index contributed by atoms with van der Waals surface area (Å²) < 4.78 is 1.91. The van der Waals surface area contributed by atoms with Gasteiger partial charge in [-0.3, -0.25) is 0 Å². The van der Waals surface area contributed by atoms with Crippen molar-refractivity contribution in [1.82, 2.24) is 14.5 Å². The molecular weight excluding hydrogens is 220 g/mol. The molecule has 1 fully saturated rings. The predicted octanol–water partition coefficient (Wildman–Crippen LogP) is 1.22. The molecule has 88 valence electrons. The fourth-order valence-corrected chi connectivity index (χ4v) is 2.08. The molecule has 0 amide bonds. The molecule has 0 aliphatic heterocycles. The van der Waals surface area contributed by atoms with Gasteiger partial charge in [0.15, 0.2) is 0 Å². The number of nitrogens with two attached hydrogens (primary N) is 1. The number of carbonyl (C=O) groups is 1. The molecule has 17 heavy (non-hydrogen) atoms. The van der Waals surface area contributed by atoms with Gasteiger partial charge in [-0.15, -0.1) is 0 Å². The van der Waals surface area contributed by atoms with Crippen molar-refractivity contribution in [1.29, 1.82) is 0 Å². The minimum absolute atomic E-state index is 0.0211. The van der Waals surface area contributed by atoms with Gasteiger partial charge < -0.3 is 15.4 Å². The summed E-state index contributed by atoms with van der Waals surface area (Å²) >= 11 is 0. The molecule has 0 spiro atoms. The van der Waals surface area contributed by atoms with E-state index in [1.165, 1.54) is 6.33 Å². The second-order valence-electron chi connectivity index (χ2n) is 4.67. The van der Waals surface area contributed by atoms with Gasteiger partial charge in [-0.2, -0.15) is 0 Å². The second-order valence-corrected chi connectivity index (χ2v) is 4.67. The minimum atomic E-state index is -1.00. The number of carboxylic acids is 1. The van der Waals surface area contributed by atoms with Crippen molar-refractivity contribution in [3.63, 3.8) is 0 Å². The average Bonchev–Trinajstić information content (AvgIpc) is 2.89. The second kappa shape index (κ2) is 2.97. The van der Waals surface area contributed by atoms with E-state index in [0.29, 0.717) is 11.0 Å². The summed E-state index contributed by atoms with van der Waals surface area (Å²) in [7, 11) is 0. The van der Waals surface area contributed by atoms with E-state index in [1.54, 1.807) is 6.20 Å². The number of anilines is 1. The van der Waals surface area contributed by atoms with E-state index < -0.39 is 5.97 Å². The van der Waals surface area contributed by atoms with E-state index in [0.717, 1.165) is 12.8 Å². The Hall–Kier alpha value is -2.11. The van der Waals surface area contributed by atoms with Crippen LogP contribution in [0.25, 0.3) is 11.0 Å². The molecule has 6 nitrogen and oxygen atoms in total. The number of carboxylic acid groups (broad SMARTS) is 1. The molecule has 6 heteroatoms. The van der Waals surface area contributed by atoms with Crippen LogP contribution in [0.4, 0.5) is 5.82 Å². The molecule has 0 atom stereocenters. The molecule has 0 bridgehead atoms. The van der Waals surface area contributed by atoms with Crippen molar-refractivity contribution in [2.45, 2.75) is 25.3 Å². The molecule has 2 heterocycles. The molecule has 0 radical (unpaired) electrons. The zero-order chi connectivity index (χ0) is 12.2. The van der Waals surface area contributed by atoms with Crippen LogP contribution < -0.4 is 5.73 Å². The summed E-state index contributed by atoms with van der Waals surface area (Å²) in [4.78, 5) is 19.2. The molecule has 1 aliphatic carbocycles. The summed E-state index contributed by atoms with van der Waals surface area (Å²) in [6.07, 6.45) is 5.04. The highest BCUT2D eigenvalue weighted by atomic mass is 16.4. The molecule has 3 N–H and O–H groups in total. The fourth-order valence-electron chi connectivity index (χ4n) is 2.08. The van der Waals surface area contributed by atoms with Crippen molar-refractivity contribution in [3.05, 3.63) is 18.1 Å². The first-order chi connectivity index (χ1) is 8.03. The fraction of sp³-hybridized carbons (Fsp3) is 0.364. The highest BCUT2D eigenvalue weighted by Crippen LogP contribution is 2.45. The monoisotopic (exact) mass is 232 g/mol. The Labute approximate surface area is 97.1 Å². The van der Waals surface area contributed by atoms with Crippen LogP contribution in [0.1, 0.15) is 30.1 Å². The van der Waals surface area contributed by atoms with Gasteiger partial charge >= 0.3 is 5.97 Å². The Morgan fingerprint density at radius 2 is 2.24 bits per heavy atom. The van der Waals surface area contributed by atoms with Gasteiger partial charge in [0.25, 0.3) is 0 Å². The number of hydrogen-bond acceptors (Lipinski definition) is 4. The summed E-state index contributed by atoms with van der Waals surface area (Å²) in [5.41, 5.74) is 6.50. The van der Waals surface area contributed by atoms with E-state index >= 15 is 0 Å². The Bertz CT molecular complexity index is 628. The number of fused-ring (bicyclic) bond motifs is 1. The number of aromatic nitrogens is 3. The van der Waals surface area contributed by atoms with Gasteiger partial charge in [0.05, 0.1) is 10.9 Å². The zero-order valence-electron chi connectivity index (χ0n) is 9.34. The van der Waals surface area contributed by atoms with E-state index in [4.69, 9.17) is 5.73 Å². The van der Waals surface area contributed by atoms with Crippen LogP contribution >= 0.6 is 0 Å². The third-order valence-electron chi connectivity index (χ3n) is 3.40. The highest BCUT2D eigenvalue weighted by molar-refractivity contribution is 6.06. The lowest BCUT2D eigenvalue weighted by Gasteiger charge is -2.11. The summed E-state index contributed by atoms with van der Waals surface area (Å²) in [6.45, 7) is 2.08. The van der Waals surface area contributed by atoms with E-state index in [-0.39, 0.29) is 16.9 Å². The molecule has 0 unspecified atom stereocenters. The number of nitrogens with zero attached hydrogens (tertiary/aromatic N) is 3. The quantitative estimate of drug-likeness (QED) is 0.811.